The molecule has 2 rings (SSSR count). The first kappa shape index (κ1) is 11.6. The monoisotopic (exact) mass is 224 g/mol. The van der Waals surface area contributed by atoms with Crippen LogP contribution in [0.25, 0.3) is 0 Å². The fraction of sp³-hybridized carbons (Fsp3) is 0.727. The Morgan fingerprint density at radius 2 is 2.56 bits per heavy atom. The predicted molar refractivity (Wildman–Crippen MR) is 62.0 cm³/mol. The molecule has 0 bridgehead atoms. The van der Waals surface area contributed by atoms with Crippen LogP contribution in [0.1, 0.15) is 18.2 Å². The Labute approximate surface area is 96.2 Å². The molecule has 2 heterocycles. The van der Waals surface area contributed by atoms with Crippen molar-refractivity contribution < 1.29 is 4.74 Å². The summed E-state index contributed by atoms with van der Waals surface area (Å²) < 4.78 is 7.45. The van der Waals surface area contributed by atoms with Gasteiger partial charge in [0.2, 0.25) is 0 Å². The average molecular weight is 224 g/mol. The van der Waals surface area contributed by atoms with E-state index in [1.807, 2.05) is 24.1 Å². The number of nitrogens with two attached hydrogens (primary N) is 1. The van der Waals surface area contributed by atoms with E-state index in [0.717, 1.165) is 25.3 Å². The Kier molecular flexibility index (Phi) is 3.58. The largest absolute Gasteiger partial charge is 0.380 e. The number of rotatable bonds is 4. The van der Waals surface area contributed by atoms with Gasteiger partial charge >= 0.3 is 0 Å². The first-order valence-corrected chi connectivity index (χ1v) is 5.70. The summed E-state index contributed by atoms with van der Waals surface area (Å²) in [5.74, 6) is 0. The lowest BCUT2D eigenvalue weighted by molar-refractivity contribution is 0.132. The van der Waals surface area contributed by atoms with Gasteiger partial charge < -0.3 is 15.0 Å². The minimum Gasteiger partial charge on any atom is -0.380 e. The quantitative estimate of drug-likeness (QED) is 0.790. The van der Waals surface area contributed by atoms with Gasteiger partial charge in [-0.05, 0) is 13.5 Å². The Bertz CT molecular complexity index is 332. The highest BCUT2D eigenvalue weighted by atomic mass is 16.5. The minimum atomic E-state index is 0.221. The van der Waals surface area contributed by atoms with Gasteiger partial charge in [0, 0.05) is 32.4 Å². The molecule has 5 heteroatoms. The highest BCUT2D eigenvalue weighted by molar-refractivity contribution is 5.06. The lowest BCUT2D eigenvalue weighted by atomic mass is 10.1. The van der Waals surface area contributed by atoms with Crippen molar-refractivity contribution in [2.75, 3.05) is 26.8 Å². The molecule has 90 valence electrons. The molecule has 0 amide bonds. The Hall–Kier alpha value is -0.910. The summed E-state index contributed by atoms with van der Waals surface area (Å²) in [6.45, 7) is 2.27. The highest BCUT2D eigenvalue weighted by Gasteiger charge is 2.27. The molecule has 1 fully saturated rings. The molecule has 1 aliphatic heterocycles. The predicted octanol–water partition coefficient (Wildman–Crippen LogP) is 0.141. The third-order valence-corrected chi connectivity index (χ3v) is 3.39. The first-order valence-electron chi connectivity index (χ1n) is 5.70. The summed E-state index contributed by atoms with van der Waals surface area (Å²) >= 11 is 0. The first-order chi connectivity index (χ1) is 7.74. The van der Waals surface area contributed by atoms with Crippen molar-refractivity contribution >= 4 is 0 Å². The van der Waals surface area contributed by atoms with Crippen LogP contribution in [0.5, 0.6) is 0 Å². The van der Waals surface area contributed by atoms with Gasteiger partial charge in [0.05, 0.1) is 24.7 Å². The molecule has 0 radical (unpaired) electrons. The van der Waals surface area contributed by atoms with E-state index in [1.54, 1.807) is 0 Å². The van der Waals surface area contributed by atoms with Crippen molar-refractivity contribution in [2.24, 2.45) is 12.8 Å². The third-order valence-electron chi connectivity index (χ3n) is 3.39. The fourth-order valence-corrected chi connectivity index (χ4v) is 2.28. The molecule has 0 aromatic carbocycles. The van der Waals surface area contributed by atoms with Crippen LogP contribution >= 0.6 is 0 Å². The van der Waals surface area contributed by atoms with Gasteiger partial charge in [-0.1, -0.05) is 0 Å². The van der Waals surface area contributed by atoms with Crippen LogP contribution in [-0.2, 0) is 11.8 Å². The minimum absolute atomic E-state index is 0.221. The topological polar surface area (TPSA) is 56.3 Å². The molecular formula is C11H20N4O. The van der Waals surface area contributed by atoms with Crippen molar-refractivity contribution in [1.82, 2.24) is 14.5 Å². The second-order valence-corrected chi connectivity index (χ2v) is 4.36. The molecule has 1 aromatic heterocycles. The van der Waals surface area contributed by atoms with Crippen LogP contribution in [-0.4, -0.2) is 47.3 Å². The van der Waals surface area contributed by atoms with Gasteiger partial charge in [-0.3, -0.25) is 4.90 Å². The highest BCUT2D eigenvalue weighted by Crippen LogP contribution is 2.23. The van der Waals surface area contributed by atoms with Crippen LogP contribution in [0.2, 0.25) is 0 Å². The standard InChI is InChI=1S/C11H20N4O/c1-14-8-13-6-11(14)10(5-12)15(2)9-3-4-16-7-9/h6,8-10H,3-5,7,12H2,1-2H3. The molecule has 1 aliphatic rings. The van der Waals surface area contributed by atoms with E-state index in [-0.39, 0.29) is 6.04 Å². The van der Waals surface area contributed by atoms with Crippen molar-refractivity contribution in [3.8, 4) is 0 Å². The van der Waals surface area contributed by atoms with Gasteiger partial charge in [0.15, 0.2) is 0 Å². The van der Waals surface area contributed by atoms with Gasteiger partial charge in [0.25, 0.3) is 0 Å². The summed E-state index contributed by atoms with van der Waals surface area (Å²) in [6.07, 6.45) is 4.80. The number of hydrogen-bond acceptors (Lipinski definition) is 4. The van der Waals surface area contributed by atoms with Crippen LogP contribution in [0, 0.1) is 0 Å². The molecule has 1 aromatic rings. The van der Waals surface area contributed by atoms with Gasteiger partial charge in [0.1, 0.15) is 0 Å². The number of ether oxygens (including phenoxy) is 1. The van der Waals surface area contributed by atoms with E-state index in [2.05, 4.69) is 16.9 Å². The number of likely N-dealkylation sites (N-methyl/N-ethyl adjacent to an activating group) is 1. The second kappa shape index (κ2) is 4.95. The summed E-state index contributed by atoms with van der Waals surface area (Å²) in [5.41, 5.74) is 7.04. The molecule has 16 heavy (non-hydrogen) atoms. The van der Waals surface area contributed by atoms with E-state index in [0.29, 0.717) is 12.6 Å². The summed E-state index contributed by atoms with van der Waals surface area (Å²) in [7, 11) is 4.12. The Morgan fingerprint density at radius 3 is 3.06 bits per heavy atom. The number of hydrogen-bond donors (Lipinski definition) is 1. The molecule has 0 saturated carbocycles. The Morgan fingerprint density at radius 1 is 1.75 bits per heavy atom. The molecular weight excluding hydrogens is 204 g/mol. The van der Waals surface area contributed by atoms with E-state index in [9.17, 15) is 0 Å². The average Bonchev–Trinajstić information content (AvgIpc) is 2.91. The lowest BCUT2D eigenvalue weighted by Gasteiger charge is -2.31. The smallest absolute Gasteiger partial charge is 0.0946 e. The Balaban J connectivity index is 2.12. The van der Waals surface area contributed by atoms with Crippen molar-refractivity contribution in [3.05, 3.63) is 18.2 Å². The van der Waals surface area contributed by atoms with Gasteiger partial charge in [-0.15, -0.1) is 0 Å². The molecule has 5 nitrogen and oxygen atoms in total. The molecule has 0 spiro atoms. The van der Waals surface area contributed by atoms with Crippen LogP contribution in [0.15, 0.2) is 12.5 Å². The number of nitrogens with zero attached hydrogens (tertiary/aromatic N) is 3. The van der Waals surface area contributed by atoms with Crippen LogP contribution in [0.4, 0.5) is 0 Å². The van der Waals surface area contributed by atoms with Crippen molar-refractivity contribution in [1.29, 1.82) is 0 Å². The van der Waals surface area contributed by atoms with Crippen molar-refractivity contribution in [3.63, 3.8) is 0 Å². The maximum absolute atomic E-state index is 5.88. The molecule has 2 N–H and O–H groups in total. The molecule has 2 atom stereocenters. The maximum Gasteiger partial charge on any atom is 0.0946 e. The SMILES string of the molecule is CN(C1CCOC1)C(CN)c1cncn1C. The third kappa shape index (κ3) is 2.11. The van der Waals surface area contributed by atoms with E-state index in [4.69, 9.17) is 10.5 Å². The van der Waals surface area contributed by atoms with E-state index >= 15 is 0 Å². The van der Waals surface area contributed by atoms with E-state index in [1.165, 1.54) is 0 Å². The van der Waals surface area contributed by atoms with Gasteiger partial charge in [-0.2, -0.15) is 0 Å². The zero-order valence-corrected chi connectivity index (χ0v) is 9.97. The number of aryl methyl sites for hydroxylation is 1. The molecule has 1 saturated heterocycles. The van der Waals surface area contributed by atoms with E-state index < -0.39 is 0 Å². The zero-order valence-electron chi connectivity index (χ0n) is 9.97. The second-order valence-electron chi connectivity index (χ2n) is 4.36. The molecule has 2 unspecified atom stereocenters. The molecule has 0 aliphatic carbocycles. The maximum atomic E-state index is 5.88. The number of aromatic nitrogens is 2. The fourth-order valence-electron chi connectivity index (χ4n) is 2.28. The lowest BCUT2D eigenvalue weighted by Crippen LogP contribution is -2.39. The van der Waals surface area contributed by atoms with Crippen molar-refractivity contribution in [2.45, 2.75) is 18.5 Å². The van der Waals surface area contributed by atoms with Gasteiger partial charge in [-0.25, -0.2) is 4.98 Å². The summed E-state index contributed by atoms with van der Waals surface area (Å²) in [6, 6.07) is 0.697. The normalized spacial score (nSPS) is 22.9. The number of imidazole rings is 1. The summed E-state index contributed by atoms with van der Waals surface area (Å²) in [5, 5.41) is 0. The summed E-state index contributed by atoms with van der Waals surface area (Å²) in [4.78, 5) is 6.46. The van der Waals surface area contributed by atoms with Crippen LogP contribution < -0.4 is 5.73 Å². The zero-order chi connectivity index (χ0) is 11.5. The van der Waals surface area contributed by atoms with Crippen LogP contribution in [0.3, 0.4) is 0 Å².